The zero-order chi connectivity index (χ0) is 14.9. The van der Waals surface area contributed by atoms with Crippen molar-refractivity contribution in [3.8, 4) is 0 Å². The zero-order valence-electron chi connectivity index (χ0n) is 12.1. The second-order valence-electron chi connectivity index (χ2n) is 5.86. The molecule has 1 aromatic rings. The largest absolute Gasteiger partial charge is 0.394 e. The molecule has 1 saturated carbocycles. The number of hydrogen-bond donors (Lipinski definition) is 2. The lowest BCUT2D eigenvalue weighted by atomic mass is 9.96. The maximum Gasteiger partial charge on any atom is 0.254 e. The van der Waals surface area contributed by atoms with Gasteiger partial charge < -0.3 is 15.3 Å². The monoisotopic (exact) mass is 280 g/mol. The maximum absolute atomic E-state index is 14.0. The summed E-state index contributed by atoms with van der Waals surface area (Å²) in [7, 11) is 3.62. The van der Waals surface area contributed by atoms with E-state index in [1.165, 1.54) is 12.1 Å². The Balaban J connectivity index is 2.17. The first kappa shape index (κ1) is 14.8. The van der Waals surface area contributed by atoms with E-state index in [1.54, 1.807) is 17.9 Å². The molecule has 110 valence electrons. The third kappa shape index (κ3) is 2.93. The molecule has 20 heavy (non-hydrogen) atoms. The van der Waals surface area contributed by atoms with E-state index in [0.29, 0.717) is 5.69 Å². The number of hydrogen-bond acceptors (Lipinski definition) is 3. The summed E-state index contributed by atoms with van der Waals surface area (Å²) < 4.78 is 14.0. The number of carbonyl (C=O) groups is 1. The van der Waals surface area contributed by atoms with Crippen molar-refractivity contribution in [2.75, 3.05) is 25.6 Å². The minimum absolute atomic E-state index is 0.0101. The normalized spacial score (nSPS) is 17.4. The van der Waals surface area contributed by atoms with Crippen LogP contribution in [0.5, 0.6) is 0 Å². The lowest BCUT2D eigenvalue weighted by molar-refractivity contribution is 0.0820. The van der Waals surface area contributed by atoms with Crippen molar-refractivity contribution >= 4 is 11.6 Å². The predicted molar refractivity (Wildman–Crippen MR) is 76.4 cm³/mol. The van der Waals surface area contributed by atoms with Crippen LogP contribution in [0.25, 0.3) is 0 Å². The van der Waals surface area contributed by atoms with E-state index >= 15 is 0 Å². The Kier molecular flexibility index (Phi) is 3.99. The number of carbonyl (C=O) groups excluding carboxylic acids is 1. The number of halogens is 1. The number of nitrogens with one attached hydrogen (secondary N) is 1. The highest BCUT2D eigenvalue weighted by molar-refractivity contribution is 5.95. The van der Waals surface area contributed by atoms with Gasteiger partial charge in [0, 0.05) is 19.8 Å². The molecule has 0 radical (unpaired) electrons. The van der Waals surface area contributed by atoms with Gasteiger partial charge in [0.1, 0.15) is 5.82 Å². The van der Waals surface area contributed by atoms with Gasteiger partial charge in [0.2, 0.25) is 0 Å². The summed E-state index contributed by atoms with van der Waals surface area (Å²) in [5, 5.41) is 12.2. The molecule has 4 nitrogen and oxygen atoms in total. The van der Waals surface area contributed by atoms with Crippen molar-refractivity contribution in [2.24, 2.45) is 5.92 Å². The second-order valence-corrected chi connectivity index (χ2v) is 5.86. The molecule has 0 heterocycles. The van der Waals surface area contributed by atoms with Crippen LogP contribution in [-0.4, -0.2) is 37.3 Å². The smallest absolute Gasteiger partial charge is 0.254 e. The highest BCUT2D eigenvalue weighted by atomic mass is 19.1. The second kappa shape index (κ2) is 5.40. The third-order valence-corrected chi connectivity index (χ3v) is 3.92. The Hall–Kier alpha value is -1.62. The fraction of sp³-hybridized carbons (Fsp3) is 0.533. The standard InChI is InChI=1S/C15H21FN2O2/c1-15(9-19,10-4-5-10)17-14(20)12-7-6-11(18(2)3)8-13(12)16/h6-8,10,19H,4-5,9H2,1-3H3,(H,17,20). The van der Waals surface area contributed by atoms with Gasteiger partial charge in [-0.2, -0.15) is 0 Å². The molecule has 1 amide bonds. The molecule has 1 aliphatic carbocycles. The van der Waals surface area contributed by atoms with E-state index in [2.05, 4.69) is 5.32 Å². The molecule has 1 fully saturated rings. The van der Waals surface area contributed by atoms with E-state index in [4.69, 9.17) is 0 Å². The maximum atomic E-state index is 14.0. The quantitative estimate of drug-likeness (QED) is 0.864. The summed E-state index contributed by atoms with van der Waals surface area (Å²) in [6.45, 7) is 1.66. The Morgan fingerprint density at radius 2 is 2.15 bits per heavy atom. The number of amides is 1. The number of anilines is 1. The number of aliphatic hydroxyl groups is 1. The molecule has 5 heteroatoms. The van der Waals surface area contributed by atoms with Crippen molar-refractivity contribution in [3.05, 3.63) is 29.6 Å². The van der Waals surface area contributed by atoms with Crippen molar-refractivity contribution in [3.63, 3.8) is 0 Å². The van der Waals surface area contributed by atoms with Crippen molar-refractivity contribution in [1.29, 1.82) is 0 Å². The van der Waals surface area contributed by atoms with Gasteiger partial charge in [0.25, 0.3) is 5.91 Å². The van der Waals surface area contributed by atoms with Crippen LogP contribution >= 0.6 is 0 Å². The van der Waals surface area contributed by atoms with Gasteiger partial charge in [0.05, 0.1) is 17.7 Å². The summed E-state index contributed by atoms with van der Waals surface area (Å²) in [6.07, 6.45) is 1.97. The lowest BCUT2D eigenvalue weighted by Crippen LogP contribution is -2.50. The molecule has 2 N–H and O–H groups in total. The van der Waals surface area contributed by atoms with Crippen LogP contribution in [-0.2, 0) is 0 Å². The molecular formula is C15H21FN2O2. The Morgan fingerprint density at radius 1 is 1.50 bits per heavy atom. The molecule has 0 saturated heterocycles. The summed E-state index contributed by atoms with van der Waals surface area (Å²) >= 11 is 0. The van der Waals surface area contributed by atoms with Crippen molar-refractivity contribution in [1.82, 2.24) is 5.32 Å². The van der Waals surface area contributed by atoms with Gasteiger partial charge in [-0.05, 0) is 43.9 Å². The average Bonchev–Trinajstić information content (AvgIpc) is 3.22. The molecular weight excluding hydrogens is 259 g/mol. The van der Waals surface area contributed by atoms with E-state index in [-0.39, 0.29) is 18.1 Å². The van der Waals surface area contributed by atoms with E-state index in [1.807, 2.05) is 14.1 Å². The number of benzene rings is 1. The third-order valence-electron chi connectivity index (χ3n) is 3.92. The Labute approximate surface area is 118 Å². The van der Waals surface area contributed by atoms with Crippen molar-refractivity contribution < 1.29 is 14.3 Å². The molecule has 1 aromatic carbocycles. The van der Waals surface area contributed by atoms with Crippen LogP contribution in [0.2, 0.25) is 0 Å². The van der Waals surface area contributed by atoms with Gasteiger partial charge in [-0.15, -0.1) is 0 Å². The average molecular weight is 280 g/mol. The molecule has 0 spiro atoms. The molecule has 1 atom stereocenters. The van der Waals surface area contributed by atoms with Crippen LogP contribution < -0.4 is 10.2 Å². The summed E-state index contributed by atoms with van der Waals surface area (Å²) in [4.78, 5) is 13.9. The van der Waals surface area contributed by atoms with Crippen LogP contribution in [0, 0.1) is 11.7 Å². The van der Waals surface area contributed by atoms with Crippen LogP contribution in [0.3, 0.4) is 0 Å². The zero-order valence-corrected chi connectivity index (χ0v) is 12.1. The summed E-state index contributed by atoms with van der Waals surface area (Å²) in [5.74, 6) is -0.749. The molecule has 2 rings (SSSR count). The summed E-state index contributed by atoms with van der Waals surface area (Å²) in [6, 6.07) is 4.51. The van der Waals surface area contributed by atoms with Gasteiger partial charge >= 0.3 is 0 Å². The van der Waals surface area contributed by atoms with E-state index in [0.717, 1.165) is 12.8 Å². The highest BCUT2D eigenvalue weighted by Crippen LogP contribution is 2.39. The van der Waals surface area contributed by atoms with E-state index < -0.39 is 17.3 Å². The number of nitrogens with zero attached hydrogens (tertiary/aromatic N) is 1. The molecule has 1 unspecified atom stereocenters. The number of aliphatic hydroxyl groups excluding tert-OH is 1. The van der Waals surface area contributed by atoms with Crippen LogP contribution in [0.15, 0.2) is 18.2 Å². The summed E-state index contributed by atoms with van der Waals surface area (Å²) in [5.41, 5.74) is 0.0473. The van der Waals surface area contributed by atoms with Crippen LogP contribution in [0.4, 0.5) is 10.1 Å². The number of rotatable bonds is 5. The molecule has 0 aromatic heterocycles. The SMILES string of the molecule is CN(C)c1ccc(C(=O)NC(C)(CO)C2CC2)c(F)c1. The minimum atomic E-state index is -0.663. The lowest BCUT2D eigenvalue weighted by Gasteiger charge is -2.29. The van der Waals surface area contributed by atoms with Gasteiger partial charge in [-0.25, -0.2) is 4.39 Å². The minimum Gasteiger partial charge on any atom is -0.394 e. The first-order valence-corrected chi connectivity index (χ1v) is 6.77. The Morgan fingerprint density at radius 3 is 2.60 bits per heavy atom. The van der Waals surface area contributed by atoms with E-state index in [9.17, 15) is 14.3 Å². The molecule has 1 aliphatic rings. The molecule has 0 aliphatic heterocycles. The van der Waals surface area contributed by atoms with Crippen molar-refractivity contribution in [2.45, 2.75) is 25.3 Å². The fourth-order valence-corrected chi connectivity index (χ4v) is 2.28. The first-order chi connectivity index (χ1) is 9.37. The fourth-order valence-electron chi connectivity index (χ4n) is 2.28. The topological polar surface area (TPSA) is 52.6 Å². The van der Waals surface area contributed by atoms with Gasteiger partial charge in [-0.1, -0.05) is 0 Å². The van der Waals surface area contributed by atoms with Crippen LogP contribution in [0.1, 0.15) is 30.1 Å². The van der Waals surface area contributed by atoms with Gasteiger partial charge in [-0.3, -0.25) is 4.79 Å². The highest BCUT2D eigenvalue weighted by Gasteiger charge is 2.42. The Bertz CT molecular complexity index is 515. The predicted octanol–water partition coefficient (Wildman–Crippen LogP) is 1.78. The first-order valence-electron chi connectivity index (χ1n) is 6.77. The van der Waals surface area contributed by atoms with Gasteiger partial charge in [0.15, 0.2) is 0 Å². The molecule has 0 bridgehead atoms.